The second-order valence-electron chi connectivity index (χ2n) is 2.82. The predicted octanol–water partition coefficient (Wildman–Crippen LogP) is 0.110. The number of aromatic nitrogens is 2. The van der Waals surface area contributed by atoms with Gasteiger partial charge in [-0.1, -0.05) is 11.6 Å². The first-order valence-electron chi connectivity index (χ1n) is 4.32. The molecule has 6 nitrogen and oxygen atoms in total. The van der Waals surface area contributed by atoms with Crippen molar-refractivity contribution in [3.8, 4) is 0 Å². The van der Waals surface area contributed by atoms with Gasteiger partial charge in [-0.2, -0.15) is 0 Å². The Morgan fingerprint density at radius 1 is 1.67 bits per heavy atom. The minimum Gasteiger partial charge on any atom is -0.383 e. The molecular weight excluding hydrogens is 218 g/mol. The molecule has 0 bridgehead atoms. The van der Waals surface area contributed by atoms with E-state index in [2.05, 4.69) is 20.6 Å². The van der Waals surface area contributed by atoms with E-state index in [0.717, 1.165) is 0 Å². The fourth-order valence-corrected chi connectivity index (χ4v) is 1.21. The molecule has 1 atom stereocenters. The van der Waals surface area contributed by atoms with Crippen LogP contribution in [0.3, 0.4) is 0 Å². The zero-order valence-electron chi connectivity index (χ0n) is 8.20. The highest BCUT2D eigenvalue weighted by atomic mass is 35.5. The second kappa shape index (κ2) is 5.47. The molecule has 0 spiro atoms. The van der Waals surface area contributed by atoms with Crippen molar-refractivity contribution in [3.63, 3.8) is 0 Å². The summed E-state index contributed by atoms with van der Waals surface area (Å²) in [5.41, 5.74) is 6.00. The number of aldehydes is 1. The number of nitrogens with one attached hydrogen (secondary N) is 2. The van der Waals surface area contributed by atoms with Gasteiger partial charge >= 0.3 is 0 Å². The first-order chi connectivity index (χ1) is 7.19. The summed E-state index contributed by atoms with van der Waals surface area (Å²) in [5, 5.41) is 6.07. The van der Waals surface area contributed by atoms with Crippen molar-refractivity contribution in [2.75, 3.05) is 24.2 Å². The van der Waals surface area contributed by atoms with Crippen LogP contribution in [-0.2, 0) is 4.79 Å². The number of nitrogens with zero attached hydrogens (tertiary/aromatic N) is 2. The van der Waals surface area contributed by atoms with E-state index in [0.29, 0.717) is 29.5 Å². The van der Waals surface area contributed by atoms with Crippen molar-refractivity contribution in [2.24, 2.45) is 5.73 Å². The van der Waals surface area contributed by atoms with Crippen molar-refractivity contribution in [3.05, 3.63) is 11.5 Å². The molecule has 0 aliphatic rings. The Balaban J connectivity index is 2.76. The average Bonchev–Trinajstić information content (AvgIpc) is 2.25. The average molecular weight is 230 g/mol. The number of halogens is 1. The standard InChI is InChI=1S/C8H12ClN5O/c1-11-6-7(9)13-4-14-8(6)12-2-5(10)3-15/h3-5,11H,2,10H2,1H3,(H,12,13,14)/t5-/m0/s1. The first kappa shape index (κ1) is 11.7. The predicted molar refractivity (Wildman–Crippen MR) is 59.1 cm³/mol. The van der Waals surface area contributed by atoms with Crippen LogP contribution in [0.1, 0.15) is 0 Å². The fraction of sp³-hybridized carbons (Fsp3) is 0.375. The molecule has 7 heteroatoms. The highest BCUT2D eigenvalue weighted by Crippen LogP contribution is 2.24. The summed E-state index contributed by atoms with van der Waals surface area (Å²) >= 11 is 5.82. The van der Waals surface area contributed by atoms with Gasteiger partial charge in [0, 0.05) is 13.6 Å². The van der Waals surface area contributed by atoms with E-state index in [-0.39, 0.29) is 0 Å². The maximum absolute atomic E-state index is 10.3. The molecule has 4 N–H and O–H groups in total. The topological polar surface area (TPSA) is 92.9 Å². The van der Waals surface area contributed by atoms with Gasteiger partial charge in [0.25, 0.3) is 0 Å². The second-order valence-corrected chi connectivity index (χ2v) is 3.18. The summed E-state index contributed by atoms with van der Waals surface area (Å²) in [6.07, 6.45) is 1.99. The minimum atomic E-state index is -0.566. The SMILES string of the molecule is CNc1c(Cl)ncnc1NC[C@H](N)C=O. The highest BCUT2D eigenvalue weighted by molar-refractivity contribution is 6.32. The molecule has 0 aromatic carbocycles. The van der Waals surface area contributed by atoms with Crippen molar-refractivity contribution in [2.45, 2.75) is 6.04 Å². The molecule has 1 aromatic rings. The van der Waals surface area contributed by atoms with E-state index in [9.17, 15) is 4.79 Å². The maximum Gasteiger partial charge on any atom is 0.157 e. The third-order valence-electron chi connectivity index (χ3n) is 1.73. The molecule has 0 radical (unpaired) electrons. The lowest BCUT2D eigenvalue weighted by atomic mass is 10.3. The summed E-state index contributed by atoms with van der Waals surface area (Å²) < 4.78 is 0. The van der Waals surface area contributed by atoms with Crippen LogP contribution in [0.25, 0.3) is 0 Å². The summed E-state index contributed by atoms with van der Waals surface area (Å²) in [7, 11) is 1.70. The van der Waals surface area contributed by atoms with Crippen molar-refractivity contribution >= 4 is 29.4 Å². The van der Waals surface area contributed by atoms with Crippen LogP contribution in [0.5, 0.6) is 0 Å². The number of carbonyl (C=O) groups excluding carboxylic acids is 1. The Hall–Kier alpha value is -1.40. The number of rotatable bonds is 5. The molecular formula is C8H12ClN5O. The van der Waals surface area contributed by atoms with Crippen LogP contribution >= 0.6 is 11.6 Å². The van der Waals surface area contributed by atoms with E-state index in [1.54, 1.807) is 7.05 Å². The van der Waals surface area contributed by atoms with E-state index in [1.807, 2.05) is 0 Å². The maximum atomic E-state index is 10.3. The lowest BCUT2D eigenvalue weighted by Crippen LogP contribution is -2.30. The molecule has 1 rings (SSSR count). The Morgan fingerprint density at radius 2 is 2.40 bits per heavy atom. The van der Waals surface area contributed by atoms with Gasteiger partial charge < -0.3 is 21.2 Å². The lowest BCUT2D eigenvalue weighted by Gasteiger charge is -2.11. The van der Waals surface area contributed by atoms with Gasteiger partial charge in [0.2, 0.25) is 0 Å². The zero-order valence-corrected chi connectivity index (χ0v) is 8.95. The largest absolute Gasteiger partial charge is 0.383 e. The first-order valence-corrected chi connectivity index (χ1v) is 4.69. The van der Waals surface area contributed by atoms with Crippen molar-refractivity contribution in [1.82, 2.24) is 9.97 Å². The zero-order chi connectivity index (χ0) is 11.3. The van der Waals surface area contributed by atoms with Crippen LogP contribution in [0.15, 0.2) is 6.33 Å². The third kappa shape index (κ3) is 3.03. The summed E-state index contributed by atoms with van der Waals surface area (Å²) in [4.78, 5) is 18.1. The molecule has 1 aromatic heterocycles. The Labute approximate surface area is 92.2 Å². The van der Waals surface area contributed by atoms with Crippen molar-refractivity contribution in [1.29, 1.82) is 0 Å². The molecule has 15 heavy (non-hydrogen) atoms. The summed E-state index contributed by atoms with van der Waals surface area (Å²) in [6, 6.07) is -0.566. The normalized spacial score (nSPS) is 11.9. The van der Waals surface area contributed by atoms with Crippen LogP contribution in [0.4, 0.5) is 11.5 Å². The number of hydrogen-bond donors (Lipinski definition) is 3. The Bertz CT molecular complexity index is 346. The Morgan fingerprint density at radius 3 is 3.00 bits per heavy atom. The van der Waals surface area contributed by atoms with Crippen LogP contribution in [0, 0.1) is 0 Å². The van der Waals surface area contributed by atoms with E-state index in [1.165, 1.54) is 6.33 Å². The Kier molecular flexibility index (Phi) is 4.26. The van der Waals surface area contributed by atoms with Crippen molar-refractivity contribution < 1.29 is 4.79 Å². The van der Waals surface area contributed by atoms with Crippen LogP contribution < -0.4 is 16.4 Å². The molecule has 1 heterocycles. The fourth-order valence-electron chi connectivity index (χ4n) is 0.982. The van der Waals surface area contributed by atoms with Gasteiger partial charge in [-0.15, -0.1) is 0 Å². The third-order valence-corrected chi connectivity index (χ3v) is 2.02. The van der Waals surface area contributed by atoms with Gasteiger partial charge in [-0.3, -0.25) is 0 Å². The van der Waals surface area contributed by atoms with Gasteiger partial charge in [0.15, 0.2) is 11.0 Å². The van der Waals surface area contributed by atoms with Gasteiger partial charge in [0.1, 0.15) is 18.3 Å². The number of anilines is 2. The minimum absolute atomic E-state index is 0.297. The smallest absolute Gasteiger partial charge is 0.157 e. The van der Waals surface area contributed by atoms with E-state index >= 15 is 0 Å². The van der Waals surface area contributed by atoms with Gasteiger partial charge in [-0.05, 0) is 0 Å². The van der Waals surface area contributed by atoms with E-state index in [4.69, 9.17) is 17.3 Å². The van der Waals surface area contributed by atoms with Gasteiger partial charge in [-0.25, -0.2) is 9.97 Å². The molecule has 0 aliphatic carbocycles. The molecule has 0 saturated carbocycles. The summed E-state index contributed by atoms with van der Waals surface area (Å²) in [5.74, 6) is 0.523. The number of hydrogen-bond acceptors (Lipinski definition) is 6. The molecule has 0 fully saturated rings. The molecule has 0 unspecified atom stereocenters. The molecule has 82 valence electrons. The lowest BCUT2D eigenvalue weighted by molar-refractivity contribution is -0.108. The van der Waals surface area contributed by atoms with Crippen LogP contribution in [-0.4, -0.2) is 35.9 Å². The molecule has 0 saturated heterocycles. The van der Waals surface area contributed by atoms with Crippen LogP contribution in [0.2, 0.25) is 5.15 Å². The van der Waals surface area contributed by atoms with Gasteiger partial charge in [0.05, 0.1) is 6.04 Å². The summed E-state index contributed by atoms with van der Waals surface area (Å²) in [6.45, 7) is 0.297. The number of nitrogens with two attached hydrogens (primary N) is 1. The quantitative estimate of drug-likeness (QED) is 0.490. The molecule has 0 aliphatic heterocycles. The number of carbonyl (C=O) groups is 1. The highest BCUT2D eigenvalue weighted by Gasteiger charge is 2.08. The monoisotopic (exact) mass is 229 g/mol. The molecule has 0 amide bonds. The van der Waals surface area contributed by atoms with E-state index < -0.39 is 6.04 Å².